The molecule has 18 heavy (non-hydrogen) atoms. The smallest absolute Gasteiger partial charge is 0.345 e. The van der Waals surface area contributed by atoms with E-state index in [0.717, 1.165) is 21.2 Å². The van der Waals surface area contributed by atoms with Gasteiger partial charge in [0.1, 0.15) is 5.75 Å². The van der Waals surface area contributed by atoms with Gasteiger partial charge in [-0.2, -0.15) is 0 Å². The number of halogens is 1. The molecule has 1 aromatic carbocycles. The van der Waals surface area contributed by atoms with Crippen LogP contribution in [0.2, 0.25) is 0 Å². The molecule has 0 aliphatic carbocycles. The van der Waals surface area contributed by atoms with E-state index in [9.17, 15) is 9.90 Å². The maximum Gasteiger partial charge on any atom is 0.345 e. The van der Waals surface area contributed by atoms with E-state index in [1.54, 1.807) is 0 Å². The van der Waals surface area contributed by atoms with Crippen molar-refractivity contribution in [2.24, 2.45) is 5.92 Å². The highest BCUT2D eigenvalue weighted by atomic mass is 79.9. The first-order valence-corrected chi connectivity index (χ1v) is 6.70. The molecule has 0 fully saturated rings. The zero-order valence-electron chi connectivity index (χ0n) is 11.4. The van der Waals surface area contributed by atoms with Crippen molar-refractivity contribution < 1.29 is 14.6 Å². The Bertz CT molecular complexity index is 467. The fourth-order valence-electron chi connectivity index (χ4n) is 1.79. The lowest BCUT2D eigenvalue weighted by atomic mass is 10.0. The second kappa shape index (κ2) is 5.74. The van der Waals surface area contributed by atoms with Crippen LogP contribution in [0.5, 0.6) is 5.75 Å². The number of carboxylic acids is 1. The van der Waals surface area contributed by atoms with Gasteiger partial charge in [0, 0.05) is 10.4 Å². The zero-order valence-corrected chi connectivity index (χ0v) is 13.0. The SMILES string of the molecule is Cc1cc(Br)c(C)c(C)c1OC(C(=O)O)C(C)C. The summed E-state index contributed by atoms with van der Waals surface area (Å²) in [6.45, 7) is 9.54. The Morgan fingerprint density at radius 1 is 1.28 bits per heavy atom. The van der Waals surface area contributed by atoms with Gasteiger partial charge in [-0.15, -0.1) is 0 Å². The summed E-state index contributed by atoms with van der Waals surface area (Å²) in [6, 6.07) is 1.96. The number of benzene rings is 1. The molecule has 0 spiro atoms. The molecule has 1 unspecified atom stereocenters. The number of carboxylic acid groups (broad SMARTS) is 1. The third-order valence-electron chi connectivity index (χ3n) is 3.06. The van der Waals surface area contributed by atoms with Crippen molar-refractivity contribution in [3.05, 3.63) is 27.2 Å². The topological polar surface area (TPSA) is 46.5 Å². The molecule has 3 nitrogen and oxygen atoms in total. The third kappa shape index (κ3) is 3.05. The van der Waals surface area contributed by atoms with E-state index in [-0.39, 0.29) is 5.92 Å². The molecule has 0 radical (unpaired) electrons. The molecule has 0 aliphatic rings. The summed E-state index contributed by atoms with van der Waals surface area (Å²) in [4.78, 5) is 11.2. The van der Waals surface area contributed by atoms with Crippen LogP contribution in [-0.2, 0) is 4.79 Å². The highest BCUT2D eigenvalue weighted by molar-refractivity contribution is 9.10. The van der Waals surface area contributed by atoms with Crippen LogP contribution in [-0.4, -0.2) is 17.2 Å². The first kappa shape index (κ1) is 15.0. The fourth-order valence-corrected chi connectivity index (χ4v) is 2.43. The van der Waals surface area contributed by atoms with Crippen molar-refractivity contribution in [1.82, 2.24) is 0 Å². The molecule has 0 amide bonds. The largest absolute Gasteiger partial charge is 0.478 e. The molecule has 0 aliphatic heterocycles. The number of carbonyl (C=O) groups is 1. The van der Waals surface area contributed by atoms with Crippen LogP contribution in [0.25, 0.3) is 0 Å². The van der Waals surface area contributed by atoms with Gasteiger partial charge in [0.2, 0.25) is 0 Å². The summed E-state index contributed by atoms with van der Waals surface area (Å²) in [5.74, 6) is -0.327. The van der Waals surface area contributed by atoms with Crippen molar-refractivity contribution >= 4 is 21.9 Å². The first-order chi connectivity index (χ1) is 8.25. The summed E-state index contributed by atoms with van der Waals surface area (Å²) in [6.07, 6.45) is -0.817. The van der Waals surface area contributed by atoms with Gasteiger partial charge in [-0.3, -0.25) is 0 Å². The molecule has 4 heteroatoms. The number of aliphatic carboxylic acids is 1. The minimum atomic E-state index is -0.927. The summed E-state index contributed by atoms with van der Waals surface area (Å²) in [7, 11) is 0. The van der Waals surface area contributed by atoms with Gasteiger partial charge in [-0.1, -0.05) is 29.8 Å². The van der Waals surface area contributed by atoms with Gasteiger partial charge < -0.3 is 9.84 Å². The second-order valence-electron chi connectivity index (χ2n) is 4.88. The highest BCUT2D eigenvalue weighted by Crippen LogP contribution is 2.32. The van der Waals surface area contributed by atoms with Crippen molar-refractivity contribution in [3.63, 3.8) is 0 Å². The minimum absolute atomic E-state index is 0.0785. The van der Waals surface area contributed by atoms with E-state index in [1.165, 1.54) is 0 Å². The molecule has 0 saturated heterocycles. The van der Waals surface area contributed by atoms with Crippen LogP contribution >= 0.6 is 15.9 Å². The Kier molecular flexibility index (Phi) is 4.79. The Balaban J connectivity index is 3.18. The van der Waals surface area contributed by atoms with Crippen LogP contribution in [0.4, 0.5) is 0 Å². The number of hydrogen-bond acceptors (Lipinski definition) is 2. The van der Waals surface area contributed by atoms with E-state index >= 15 is 0 Å². The normalized spacial score (nSPS) is 12.6. The molecule has 1 N–H and O–H groups in total. The lowest BCUT2D eigenvalue weighted by Crippen LogP contribution is -2.32. The van der Waals surface area contributed by atoms with E-state index in [4.69, 9.17) is 4.74 Å². The van der Waals surface area contributed by atoms with Gasteiger partial charge in [-0.05, 0) is 43.5 Å². The maximum absolute atomic E-state index is 11.2. The molecular weight excluding hydrogens is 296 g/mol. The van der Waals surface area contributed by atoms with Crippen LogP contribution in [0.15, 0.2) is 10.5 Å². The lowest BCUT2D eigenvalue weighted by molar-refractivity contribution is -0.147. The standard InChI is InChI=1S/C14H19BrO3/c1-7(2)12(14(16)17)18-13-8(3)6-11(15)9(4)10(13)5/h6-7,12H,1-5H3,(H,16,17). The third-order valence-corrected chi connectivity index (χ3v) is 3.88. The summed E-state index contributed by atoms with van der Waals surface area (Å²) in [5, 5.41) is 9.18. The Labute approximate surface area is 116 Å². The average Bonchev–Trinajstić information content (AvgIpc) is 2.25. The molecule has 100 valence electrons. The molecule has 0 saturated carbocycles. The average molecular weight is 315 g/mol. The van der Waals surface area contributed by atoms with E-state index < -0.39 is 12.1 Å². The Morgan fingerprint density at radius 3 is 2.28 bits per heavy atom. The molecule has 0 heterocycles. The quantitative estimate of drug-likeness (QED) is 0.917. The van der Waals surface area contributed by atoms with E-state index in [1.807, 2.05) is 40.7 Å². The van der Waals surface area contributed by atoms with Crippen molar-refractivity contribution in [2.75, 3.05) is 0 Å². The summed E-state index contributed by atoms with van der Waals surface area (Å²) < 4.78 is 6.73. The predicted octanol–water partition coefficient (Wildman–Crippen LogP) is 3.86. The number of hydrogen-bond donors (Lipinski definition) is 1. The van der Waals surface area contributed by atoms with Crippen molar-refractivity contribution in [3.8, 4) is 5.75 Å². The van der Waals surface area contributed by atoms with Crippen molar-refractivity contribution in [1.29, 1.82) is 0 Å². The lowest BCUT2D eigenvalue weighted by Gasteiger charge is -2.22. The zero-order chi connectivity index (χ0) is 14.0. The number of aryl methyl sites for hydroxylation is 1. The van der Waals surface area contributed by atoms with Crippen LogP contribution in [0.1, 0.15) is 30.5 Å². The van der Waals surface area contributed by atoms with E-state index in [0.29, 0.717) is 5.75 Å². The first-order valence-electron chi connectivity index (χ1n) is 5.91. The van der Waals surface area contributed by atoms with Crippen LogP contribution in [0.3, 0.4) is 0 Å². The summed E-state index contributed by atoms with van der Waals surface area (Å²) in [5.41, 5.74) is 2.99. The molecule has 0 bridgehead atoms. The number of rotatable bonds is 4. The minimum Gasteiger partial charge on any atom is -0.478 e. The Hall–Kier alpha value is -1.03. The van der Waals surface area contributed by atoms with Crippen LogP contribution < -0.4 is 4.74 Å². The van der Waals surface area contributed by atoms with Gasteiger partial charge in [0.05, 0.1) is 0 Å². The summed E-state index contributed by atoms with van der Waals surface area (Å²) >= 11 is 3.48. The second-order valence-corrected chi connectivity index (χ2v) is 5.73. The molecule has 1 aromatic rings. The highest BCUT2D eigenvalue weighted by Gasteiger charge is 2.25. The van der Waals surface area contributed by atoms with Gasteiger partial charge in [-0.25, -0.2) is 4.79 Å². The van der Waals surface area contributed by atoms with Gasteiger partial charge in [0.15, 0.2) is 6.10 Å². The van der Waals surface area contributed by atoms with Gasteiger partial charge in [0.25, 0.3) is 0 Å². The maximum atomic E-state index is 11.2. The predicted molar refractivity (Wildman–Crippen MR) is 75.2 cm³/mol. The number of ether oxygens (including phenoxy) is 1. The molecule has 1 rings (SSSR count). The fraction of sp³-hybridized carbons (Fsp3) is 0.500. The molecule has 0 aromatic heterocycles. The van der Waals surface area contributed by atoms with Crippen LogP contribution in [0, 0.1) is 26.7 Å². The van der Waals surface area contributed by atoms with Crippen molar-refractivity contribution in [2.45, 2.75) is 40.7 Å². The van der Waals surface area contributed by atoms with Gasteiger partial charge >= 0.3 is 5.97 Å². The molecule has 1 atom stereocenters. The monoisotopic (exact) mass is 314 g/mol. The van der Waals surface area contributed by atoms with E-state index in [2.05, 4.69) is 15.9 Å². The molecular formula is C14H19BrO3. The Morgan fingerprint density at radius 2 is 1.83 bits per heavy atom.